The van der Waals surface area contributed by atoms with Crippen LogP contribution in [0.25, 0.3) is 0 Å². The molecule has 0 spiro atoms. The van der Waals surface area contributed by atoms with Crippen LogP contribution in [0.4, 0.5) is 17.1 Å². The van der Waals surface area contributed by atoms with Crippen molar-refractivity contribution in [3.05, 3.63) is 48.5 Å². The first-order chi connectivity index (χ1) is 9.79. The molecule has 7 nitrogen and oxygen atoms in total. The van der Waals surface area contributed by atoms with Crippen molar-refractivity contribution in [2.75, 3.05) is 18.2 Å². The lowest BCUT2D eigenvalue weighted by molar-refractivity contribution is 0.381. The van der Waals surface area contributed by atoms with E-state index < -0.39 is 10.4 Å². The van der Waals surface area contributed by atoms with Crippen LogP contribution in [0, 0.1) is 0 Å². The summed E-state index contributed by atoms with van der Waals surface area (Å²) in [5.41, 5.74) is 8.47. The maximum absolute atomic E-state index is 8.74. The summed E-state index contributed by atoms with van der Waals surface area (Å²) in [5.74, 6) is 0.839. The molecule has 0 bridgehead atoms. The normalized spacial score (nSPS) is 10.2. The van der Waals surface area contributed by atoms with Gasteiger partial charge in [0.25, 0.3) is 0 Å². The Kier molecular flexibility index (Phi) is 5.97. The second-order valence-electron chi connectivity index (χ2n) is 3.89. The number of nitrogens with two attached hydrogens (primary N) is 1. The SMILES string of the molecule is COc1ccc(Nc2ccccc2N)cc1.O=S(=O)(O)O. The summed E-state index contributed by atoms with van der Waals surface area (Å²) < 4.78 is 36.7. The van der Waals surface area contributed by atoms with Crippen LogP contribution >= 0.6 is 0 Å². The molecular formula is C13H16N2O5S. The molecule has 0 unspecified atom stereocenters. The average Bonchev–Trinajstić information content (AvgIpc) is 2.40. The molecule has 114 valence electrons. The minimum atomic E-state index is -4.67. The smallest absolute Gasteiger partial charge is 0.394 e. The molecule has 0 atom stereocenters. The fourth-order valence-corrected chi connectivity index (χ4v) is 1.44. The van der Waals surface area contributed by atoms with Crippen molar-refractivity contribution in [2.24, 2.45) is 0 Å². The molecule has 21 heavy (non-hydrogen) atoms. The monoisotopic (exact) mass is 312 g/mol. The Morgan fingerprint density at radius 1 is 1.05 bits per heavy atom. The van der Waals surface area contributed by atoms with Gasteiger partial charge >= 0.3 is 10.4 Å². The highest BCUT2D eigenvalue weighted by molar-refractivity contribution is 7.79. The molecule has 0 heterocycles. The number of anilines is 3. The molecule has 0 saturated heterocycles. The van der Waals surface area contributed by atoms with Gasteiger partial charge in [0, 0.05) is 5.69 Å². The summed E-state index contributed by atoms with van der Waals surface area (Å²) in [5, 5.41) is 3.24. The third-order valence-electron chi connectivity index (χ3n) is 2.33. The third kappa shape index (κ3) is 7.16. The van der Waals surface area contributed by atoms with Gasteiger partial charge in [-0.15, -0.1) is 0 Å². The van der Waals surface area contributed by atoms with E-state index in [4.69, 9.17) is 28.0 Å². The molecular weight excluding hydrogens is 296 g/mol. The lowest BCUT2D eigenvalue weighted by Gasteiger charge is -2.09. The Labute approximate surface area is 122 Å². The molecule has 0 aromatic heterocycles. The van der Waals surface area contributed by atoms with Gasteiger partial charge in [0.05, 0.1) is 18.5 Å². The standard InChI is InChI=1S/C13H14N2O.H2O4S/c1-16-11-8-6-10(7-9-11)15-13-5-3-2-4-12(13)14;1-5(2,3)4/h2-9,15H,14H2,1H3;(H2,1,2,3,4). The zero-order chi connectivity index (χ0) is 15.9. The van der Waals surface area contributed by atoms with Crippen LogP contribution in [0.2, 0.25) is 0 Å². The predicted octanol–water partition coefficient (Wildman–Crippen LogP) is 2.37. The summed E-state index contributed by atoms with van der Waals surface area (Å²) in [6.07, 6.45) is 0. The largest absolute Gasteiger partial charge is 0.497 e. The molecule has 0 radical (unpaired) electrons. The number of para-hydroxylation sites is 2. The molecule has 0 aliphatic carbocycles. The van der Waals surface area contributed by atoms with Crippen LogP contribution in [0.1, 0.15) is 0 Å². The maximum atomic E-state index is 8.74. The molecule has 8 heteroatoms. The number of hydrogen-bond donors (Lipinski definition) is 4. The summed E-state index contributed by atoms with van der Waals surface area (Å²) in [6, 6.07) is 15.4. The number of methoxy groups -OCH3 is 1. The Balaban J connectivity index is 0.000000383. The second kappa shape index (κ2) is 7.48. The highest BCUT2D eigenvalue weighted by Crippen LogP contribution is 2.23. The fourth-order valence-electron chi connectivity index (χ4n) is 1.44. The molecule has 5 N–H and O–H groups in total. The van der Waals surface area contributed by atoms with E-state index in [1.807, 2.05) is 48.5 Å². The topological polar surface area (TPSA) is 122 Å². The van der Waals surface area contributed by atoms with E-state index in [9.17, 15) is 0 Å². The summed E-state index contributed by atoms with van der Waals surface area (Å²) in [7, 11) is -3.02. The summed E-state index contributed by atoms with van der Waals surface area (Å²) in [6.45, 7) is 0. The Bertz CT molecular complexity index is 663. The lowest BCUT2D eigenvalue weighted by Crippen LogP contribution is -1.95. The number of ether oxygens (including phenoxy) is 1. The van der Waals surface area contributed by atoms with Gasteiger partial charge < -0.3 is 15.8 Å². The van der Waals surface area contributed by atoms with E-state index >= 15 is 0 Å². The molecule has 0 aliphatic heterocycles. The molecule has 2 aromatic carbocycles. The first kappa shape index (κ1) is 16.8. The second-order valence-corrected chi connectivity index (χ2v) is 4.78. The molecule has 0 amide bonds. The van der Waals surface area contributed by atoms with Gasteiger partial charge in [-0.2, -0.15) is 8.42 Å². The Hall–Kier alpha value is -2.29. The quantitative estimate of drug-likeness (QED) is 0.507. The van der Waals surface area contributed by atoms with Crippen molar-refractivity contribution in [1.82, 2.24) is 0 Å². The molecule has 0 fully saturated rings. The number of hydrogen-bond acceptors (Lipinski definition) is 5. The highest BCUT2D eigenvalue weighted by Gasteiger charge is 1.98. The van der Waals surface area contributed by atoms with E-state index in [-0.39, 0.29) is 0 Å². The number of benzene rings is 2. The molecule has 2 aromatic rings. The third-order valence-corrected chi connectivity index (χ3v) is 2.33. The van der Waals surface area contributed by atoms with E-state index in [1.54, 1.807) is 7.11 Å². The van der Waals surface area contributed by atoms with Crippen LogP contribution in [0.3, 0.4) is 0 Å². The van der Waals surface area contributed by atoms with Gasteiger partial charge in [-0.1, -0.05) is 12.1 Å². The highest BCUT2D eigenvalue weighted by atomic mass is 32.3. The van der Waals surface area contributed by atoms with Crippen LogP contribution in [0.5, 0.6) is 5.75 Å². The molecule has 0 saturated carbocycles. The van der Waals surface area contributed by atoms with Crippen LogP contribution < -0.4 is 15.8 Å². The lowest BCUT2D eigenvalue weighted by atomic mass is 10.2. The van der Waals surface area contributed by atoms with Gasteiger partial charge in [0.1, 0.15) is 5.75 Å². The van der Waals surface area contributed by atoms with E-state index in [0.29, 0.717) is 0 Å². The Morgan fingerprint density at radius 2 is 1.57 bits per heavy atom. The van der Waals surface area contributed by atoms with Gasteiger partial charge in [-0.3, -0.25) is 9.11 Å². The number of nitrogen functional groups attached to an aromatic ring is 1. The van der Waals surface area contributed by atoms with E-state index in [0.717, 1.165) is 22.8 Å². The van der Waals surface area contributed by atoms with Crippen molar-refractivity contribution in [1.29, 1.82) is 0 Å². The van der Waals surface area contributed by atoms with Crippen LogP contribution in [-0.4, -0.2) is 24.6 Å². The van der Waals surface area contributed by atoms with Crippen molar-refractivity contribution in [3.8, 4) is 5.75 Å². The molecule has 2 rings (SSSR count). The van der Waals surface area contributed by atoms with E-state index in [1.165, 1.54) is 0 Å². The zero-order valence-electron chi connectivity index (χ0n) is 11.2. The summed E-state index contributed by atoms with van der Waals surface area (Å²) in [4.78, 5) is 0. The maximum Gasteiger partial charge on any atom is 0.394 e. The van der Waals surface area contributed by atoms with Crippen molar-refractivity contribution >= 4 is 27.5 Å². The van der Waals surface area contributed by atoms with Crippen molar-refractivity contribution in [2.45, 2.75) is 0 Å². The predicted molar refractivity (Wildman–Crippen MR) is 81.3 cm³/mol. The van der Waals surface area contributed by atoms with Crippen molar-refractivity contribution in [3.63, 3.8) is 0 Å². The van der Waals surface area contributed by atoms with Gasteiger partial charge in [-0.05, 0) is 36.4 Å². The minimum absolute atomic E-state index is 0.735. The van der Waals surface area contributed by atoms with Gasteiger partial charge in [-0.25, -0.2) is 0 Å². The first-order valence-corrected chi connectivity index (χ1v) is 7.15. The fraction of sp³-hybridized carbons (Fsp3) is 0.0769. The minimum Gasteiger partial charge on any atom is -0.497 e. The van der Waals surface area contributed by atoms with Crippen LogP contribution in [-0.2, 0) is 10.4 Å². The number of rotatable bonds is 3. The van der Waals surface area contributed by atoms with Crippen LogP contribution in [0.15, 0.2) is 48.5 Å². The average molecular weight is 312 g/mol. The number of nitrogens with one attached hydrogen (secondary N) is 1. The van der Waals surface area contributed by atoms with Crippen molar-refractivity contribution < 1.29 is 22.3 Å². The first-order valence-electron chi connectivity index (χ1n) is 5.75. The summed E-state index contributed by atoms with van der Waals surface area (Å²) >= 11 is 0. The molecule has 0 aliphatic rings. The van der Waals surface area contributed by atoms with Gasteiger partial charge in [0.2, 0.25) is 0 Å². The van der Waals surface area contributed by atoms with E-state index in [2.05, 4.69) is 5.32 Å². The van der Waals surface area contributed by atoms with Gasteiger partial charge in [0.15, 0.2) is 0 Å². The Morgan fingerprint density at radius 3 is 2.05 bits per heavy atom. The zero-order valence-corrected chi connectivity index (χ0v) is 12.0.